The Morgan fingerprint density at radius 2 is 1.20 bits per heavy atom. The van der Waals surface area contributed by atoms with Gasteiger partial charge in [0.25, 0.3) is 0 Å². The van der Waals surface area contributed by atoms with E-state index in [1.54, 1.807) is 13.8 Å². The largest absolute Gasteiger partial charge is 0.511 e. The molecule has 0 saturated heterocycles. The Labute approximate surface area is 360 Å². The molecular formula is C48H78O12. The molecule has 4 saturated carbocycles. The summed E-state index contributed by atoms with van der Waals surface area (Å²) in [5.41, 5.74) is 0.330. The van der Waals surface area contributed by atoms with Crippen LogP contribution in [0.2, 0.25) is 0 Å². The summed E-state index contributed by atoms with van der Waals surface area (Å²) in [6.07, 6.45) is 17.3. The van der Waals surface area contributed by atoms with Crippen molar-refractivity contribution in [2.24, 2.45) is 46.3 Å². The van der Waals surface area contributed by atoms with Crippen LogP contribution in [-0.4, -0.2) is 68.0 Å². The van der Waals surface area contributed by atoms with Crippen molar-refractivity contribution in [3.63, 3.8) is 0 Å². The highest BCUT2D eigenvalue weighted by molar-refractivity contribution is 5.79. The maximum Gasteiger partial charge on any atom is 0.511 e. The molecular weight excluding hydrogens is 769 g/mol. The number of fused-ring (bicyclic) bond motifs is 5. The van der Waals surface area contributed by atoms with E-state index in [1.165, 1.54) is 12.8 Å². The van der Waals surface area contributed by atoms with Crippen molar-refractivity contribution in [3.8, 4) is 0 Å². The average Bonchev–Trinajstić information content (AvgIpc) is 3.56. The van der Waals surface area contributed by atoms with Gasteiger partial charge in [0.05, 0.1) is 0 Å². The third-order valence-electron chi connectivity index (χ3n) is 14.9. The molecule has 0 N–H and O–H groups in total. The molecule has 4 unspecified atom stereocenters. The van der Waals surface area contributed by atoms with Crippen LogP contribution in [0.3, 0.4) is 0 Å². The molecule has 0 heterocycles. The number of hydrogen-bond acceptors (Lipinski definition) is 12. The summed E-state index contributed by atoms with van der Waals surface area (Å²) in [6.45, 7) is 11.5. The zero-order chi connectivity index (χ0) is 43.7. The molecule has 0 aromatic heterocycles. The Hall–Kier alpha value is -3.18. The quantitative estimate of drug-likeness (QED) is 0.0371. The normalized spacial score (nSPS) is 28.6. The van der Waals surface area contributed by atoms with Crippen LogP contribution in [0.25, 0.3) is 0 Å². The van der Waals surface area contributed by atoms with Gasteiger partial charge in [-0.1, -0.05) is 86.0 Å². The predicted octanol–water partition coefficient (Wildman–Crippen LogP) is 10.4. The molecule has 0 aromatic rings. The van der Waals surface area contributed by atoms with Crippen molar-refractivity contribution in [3.05, 3.63) is 0 Å². The lowest BCUT2D eigenvalue weighted by Gasteiger charge is -2.61. The van der Waals surface area contributed by atoms with Gasteiger partial charge in [-0.15, -0.1) is 0 Å². The Bertz CT molecular complexity index is 1380. The van der Waals surface area contributed by atoms with E-state index in [-0.39, 0.29) is 61.7 Å². The molecule has 342 valence electrons. The summed E-state index contributed by atoms with van der Waals surface area (Å²) >= 11 is 0. The van der Waals surface area contributed by atoms with E-state index in [1.807, 2.05) is 0 Å². The summed E-state index contributed by atoms with van der Waals surface area (Å²) < 4.78 is 32.3. The number of Topliss-reactive ketones (excluding diaryl/α,β-unsaturated/α-hetero) is 1. The second kappa shape index (κ2) is 24.5. The van der Waals surface area contributed by atoms with E-state index in [0.29, 0.717) is 42.3 Å². The molecule has 0 aliphatic heterocycles. The lowest BCUT2D eigenvalue weighted by atomic mass is 9.44. The smallest absolute Gasteiger partial charge is 0.462 e. The third kappa shape index (κ3) is 14.5. The molecule has 0 spiro atoms. The highest BCUT2D eigenvalue weighted by Crippen LogP contribution is 2.67. The Balaban J connectivity index is 1.14. The lowest BCUT2D eigenvalue weighted by molar-refractivity contribution is -0.168. The van der Waals surface area contributed by atoms with Crippen molar-refractivity contribution in [2.75, 3.05) is 20.0 Å². The molecule has 0 aromatic carbocycles. The van der Waals surface area contributed by atoms with Crippen LogP contribution >= 0.6 is 0 Å². The van der Waals surface area contributed by atoms with Crippen molar-refractivity contribution >= 4 is 35.8 Å². The number of hydrogen-bond donors (Lipinski definition) is 0. The molecule has 60 heavy (non-hydrogen) atoms. The molecule has 12 heteroatoms. The van der Waals surface area contributed by atoms with Crippen LogP contribution in [0.5, 0.6) is 0 Å². The first-order valence-electron chi connectivity index (χ1n) is 23.7. The molecule has 0 amide bonds. The highest BCUT2D eigenvalue weighted by Gasteiger charge is 2.61. The lowest BCUT2D eigenvalue weighted by Crippen LogP contribution is -2.54. The Morgan fingerprint density at radius 1 is 0.617 bits per heavy atom. The fourth-order valence-corrected chi connectivity index (χ4v) is 11.6. The van der Waals surface area contributed by atoms with Gasteiger partial charge in [0.2, 0.25) is 6.79 Å². The van der Waals surface area contributed by atoms with E-state index >= 15 is 0 Å². The fraction of sp³-hybridized carbons (Fsp3) is 0.875. The van der Waals surface area contributed by atoms with Gasteiger partial charge >= 0.3 is 30.0 Å². The van der Waals surface area contributed by atoms with Gasteiger partial charge in [-0.25, -0.2) is 4.79 Å². The van der Waals surface area contributed by atoms with Gasteiger partial charge in [0.1, 0.15) is 25.1 Å². The van der Waals surface area contributed by atoms with Gasteiger partial charge in [-0.05, 0) is 118 Å². The van der Waals surface area contributed by atoms with Crippen LogP contribution in [0, 0.1) is 46.3 Å². The molecule has 4 aliphatic rings. The summed E-state index contributed by atoms with van der Waals surface area (Å²) in [5.74, 6) is 0.384. The van der Waals surface area contributed by atoms with Crippen molar-refractivity contribution in [2.45, 2.75) is 201 Å². The van der Waals surface area contributed by atoms with Crippen LogP contribution in [0.1, 0.15) is 189 Å². The minimum atomic E-state index is -0.977. The van der Waals surface area contributed by atoms with Crippen LogP contribution in [0.4, 0.5) is 4.79 Å². The number of carbonyl (C=O) groups excluding carboxylic acids is 6. The molecule has 4 fully saturated rings. The van der Waals surface area contributed by atoms with Crippen molar-refractivity contribution < 1.29 is 57.2 Å². The number of ketones is 1. The van der Waals surface area contributed by atoms with Crippen LogP contribution < -0.4 is 0 Å². The minimum absolute atomic E-state index is 0.126. The monoisotopic (exact) mass is 847 g/mol. The van der Waals surface area contributed by atoms with Crippen molar-refractivity contribution in [1.29, 1.82) is 0 Å². The number of rotatable bonds is 25. The topological polar surface area (TPSA) is 158 Å². The van der Waals surface area contributed by atoms with Gasteiger partial charge < -0.3 is 28.4 Å². The maximum absolute atomic E-state index is 12.9. The first kappa shape index (κ1) is 49.5. The zero-order valence-corrected chi connectivity index (χ0v) is 37.9. The minimum Gasteiger partial charge on any atom is -0.462 e. The summed E-state index contributed by atoms with van der Waals surface area (Å²) in [5, 5.41) is 0. The second-order valence-electron chi connectivity index (χ2n) is 19.3. The standard InChI is InChI=1S/C48H78O12/c1-7-9-11-13-15-17-42(50)55-30-37(31-56-43(51)18-16-14-12-10-8-2)59-45(53)28-33(3)27-44(52)57-32-58-46(54)60-36-23-25-47(5)35(29-36)19-20-38-40-22-21-39(34(4)49)48(40,6)26-24-41(38)47/h33,35-41H,7-32H2,1-6H3/t33?,35?,36-,38+,39-,40?,41?,47+,48-/m1/s1. The Morgan fingerprint density at radius 3 is 1.82 bits per heavy atom. The zero-order valence-electron chi connectivity index (χ0n) is 37.9. The molecule has 12 nitrogen and oxygen atoms in total. The van der Waals surface area contributed by atoms with Crippen LogP contribution in [-0.2, 0) is 52.4 Å². The highest BCUT2D eigenvalue weighted by atomic mass is 16.8. The third-order valence-corrected chi connectivity index (χ3v) is 14.9. The number of ether oxygens (including phenoxy) is 6. The van der Waals surface area contributed by atoms with E-state index in [4.69, 9.17) is 28.4 Å². The molecule has 0 bridgehead atoms. The van der Waals surface area contributed by atoms with Gasteiger partial charge in [-0.2, -0.15) is 0 Å². The van der Waals surface area contributed by atoms with E-state index in [9.17, 15) is 28.8 Å². The van der Waals surface area contributed by atoms with Gasteiger partial charge in [-0.3, -0.25) is 24.0 Å². The van der Waals surface area contributed by atoms with Gasteiger partial charge in [0.15, 0.2) is 6.10 Å². The number of unbranched alkanes of at least 4 members (excludes halogenated alkanes) is 8. The van der Waals surface area contributed by atoms with Crippen LogP contribution in [0.15, 0.2) is 0 Å². The summed E-state index contributed by atoms with van der Waals surface area (Å²) in [6, 6.07) is 0. The summed E-state index contributed by atoms with van der Waals surface area (Å²) in [4.78, 5) is 75.3. The molecule has 9 atom stereocenters. The maximum atomic E-state index is 12.9. The predicted molar refractivity (Wildman–Crippen MR) is 225 cm³/mol. The average molecular weight is 847 g/mol. The number of esters is 4. The molecule has 0 radical (unpaired) electrons. The summed E-state index contributed by atoms with van der Waals surface area (Å²) in [7, 11) is 0. The molecule has 4 rings (SSSR count). The van der Waals surface area contributed by atoms with E-state index in [0.717, 1.165) is 96.3 Å². The Kier molecular flexibility index (Phi) is 20.2. The van der Waals surface area contributed by atoms with Crippen molar-refractivity contribution in [1.82, 2.24) is 0 Å². The number of carbonyl (C=O) groups is 6. The first-order chi connectivity index (χ1) is 28.7. The second-order valence-corrected chi connectivity index (χ2v) is 19.3. The van der Waals surface area contributed by atoms with E-state index < -0.39 is 48.8 Å². The SMILES string of the molecule is CCCCCCCC(=O)OCC(COC(=O)CCCCCCC)OC(=O)CC(C)CC(=O)OCOC(=O)O[C@@H]1CC[C@@]2(C)C(CC[C@@H]3C2CC[C@@]2(C)C3CC[C@@H]2C(C)=O)C1. The first-order valence-corrected chi connectivity index (χ1v) is 23.7. The fourth-order valence-electron chi connectivity index (χ4n) is 11.6. The molecule has 4 aliphatic carbocycles. The van der Waals surface area contributed by atoms with E-state index in [2.05, 4.69) is 27.7 Å². The van der Waals surface area contributed by atoms with Gasteiger partial charge in [0, 0.05) is 31.6 Å².